The number of amides is 1. The van der Waals surface area contributed by atoms with E-state index in [1.54, 1.807) is 18.2 Å². The van der Waals surface area contributed by atoms with E-state index in [-0.39, 0.29) is 21.9 Å². The number of thiophene rings is 1. The average Bonchev–Trinajstić information content (AvgIpc) is 3.58. The van der Waals surface area contributed by atoms with Crippen molar-refractivity contribution < 1.29 is 19.4 Å². The highest BCUT2D eigenvalue weighted by Gasteiger charge is 2.48. The lowest BCUT2D eigenvalue weighted by atomic mass is 9.99. The number of halogens is 1. The van der Waals surface area contributed by atoms with Crippen LogP contribution < -0.4 is 9.64 Å². The molecule has 1 aliphatic heterocycles. The van der Waals surface area contributed by atoms with E-state index in [1.165, 1.54) is 33.1 Å². The standard InChI is InChI=1S/C27H23ClN2O4S2/c1-4-34-16-8-9-18(28)17(13-16)24(31)22-23(20-6-5-11-35-20)30(26(33)25(22)32)27-29-19-10-7-15(14(2)3)12-21(19)36-27/h5-14,23,31H,4H2,1-3H3/b24-22+. The van der Waals surface area contributed by atoms with E-state index in [9.17, 15) is 14.7 Å². The molecule has 6 nitrogen and oxygen atoms in total. The van der Waals surface area contributed by atoms with Crippen LogP contribution in [0.1, 0.15) is 48.7 Å². The number of aliphatic hydroxyl groups is 1. The number of thiazole rings is 1. The molecule has 1 amide bonds. The zero-order valence-electron chi connectivity index (χ0n) is 19.8. The number of aromatic nitrogens is 1. The largest absolute Gasteiger partial charge is 0.507 e. The van der Waals surface area contributed by atoms with Gasteiger partial charge in [-0.1, -0.05) is 48.9 Å². The van der Waals surface area contributed by atoms with Crippen molar-refractivity contribution in [2.45, 2.75) is 32.7 Å². The van der Waals surface area contributed by atoms with Crippen LogP contribution in [0.15, 0.2) is 59.5 Å². The SMILES string of the molecule is CCOc1ccc(Cl)c(/C(O)=C2\C(=O)C(=O)N(c3nc4ccc(C(C)C)cc4s3)C2c2cccs2)c1. The zero-order valence-corrected chi connectivity index (χ0v) is 22.2. The number of hydrogen-bond donors (Lipinski definition) is 1. The van der Waals surface area contributed by atoms with Crippen molar-refractivity contribution in [3.8, 4) is 5.75 Å². The molecule has 1 aliphatic rings. The Bertz CT molecular complexity index is 1510. The topological polar surface area (TPSA) is 79.7 Å². The molecule has 5 rings (SSSR count). The molecule has 36 heavy (non-hydrogen) atoms. The molecule has 2 aromatic carbocycles. The molecule has 1 unspecified atom stereocenters. The molecule has 9 heteroatoms. The normalized spacial score (nSPS) is 17.5. The number of hydrogen-bond acceptors (Lipinski definition) is 7. The smallest absolute Gasteiger partial charge is 0.301 e. The first-order chi connectivity index (χ1) is 17.3. The van der Waals surface area contributed by atoms with Crippen molar-refractivity contribution in [2.24, 2.45) is 0 Å². The van der Waals surface area contributed by atoms with Gasteiger partial charge < -0.3 is 9.84 Å². The fraction of sp³-hybridized carbons (Fsp3) is 0.222. The van der Waals surface area contributed by atoms with Crippen LogP contribution in [0, 0.1) is 0 Å². The van der Waals surface area contributed by atoms with E-state index in [2.05, 4.69) is 24.9 Å². The lowest BCUT2D eigenvalue weighted by Crippen LogP contribution is -2.28. The number of benzene rings is 2. The van der Waals surface area contributed by atoms with Crippen LogP contribution in [0.3, 0.4) is 0 Å². The minimum atomic E-state index is -0.832. The van der Waals surface area contributed by atoms with Gasteiger partial charge in [0, 0.05) is 10.4 Å². The van der Waals surface area contributed by atoms with Crippen molar-refractivity contribution in [1.29, 1.82) is 0 Å². The fourth-order valence-corrected chi connectivity index (χ4v) is 6.30. The lowest BCUT2D eigenvalue weighted by Gasteiger charge is -2.21. The number of nitrogens with zero attached hydrogens (tertiary/aromatic N) is 2. The van der Waals surface area contributed by atoms with Crippen LogP contribution in [0.25, 0.3) is 16.0 Å². The summed E-state index contributed by atoms with van der Waals surface area (Å²) in [5, 5.41) is 13.9. The number of carbonyl (C=O) groups is 2. The summed E-state index contributed by atoms with van der Waals surface area (Å²) in [5.41, 5.74) is 2.12. The average molecular weight is 539 g/mol. The maximum atomic E-state index is 13.4. The van der Waals surface area contributed by atoms with Crippen LogP contribution in [0.4, 0.5) is 5.13 Å². The van der Waals surface area contributed by atoms with Crippen molar-refractivity contribution in [2.75, 3.05) is 11.5 Å². The van der Waals surface area contributed by atoms with E-state index in [0.717, 1.165) is 15.1 Å². The van der Waals surface area contributed by atoms with Gasteiger partial charge in [0.1, 0.15) is 17.6 Å². The van der Waals surface area contributed by atoms with Gasteiger partial charge >= 0.3 is 5.91 Å². The minimum absolute atomic E-state index is 0.0277. The first kappa shape index (κ1) is 24.5. The van der Waals surface area contributed by atoms with Crippen LogP contribution in [0.5, 0.6) is 5.75 Å². The van der Waals surface area contributed by atoms with Gasteiger partial charge in [0.2, 0.25) is 0 Å². The Kier molecular flexibility index (Phi) is 6.59. The predicted molar refractivity (Wildman–Crippen MR) is 145 cm³/mol. The Morgan fingerprint density at radius 1 is 1.19 bits per heavy atom. The van der Waals surface area contributed by atoms with Crippen LogP contribution >= 0.6 is 34.3 Å². The molecular weight excluding hydrogens is 516 g/mol. The molecule has 2 aromatic heterocycles. The van der Waals surface area contributed by atoms with Gasteiger partial charge in [-0.2, -0.15) is 0 Å². The van der Waals surface area contributed by atoms with Crippen LogP contribution in [0.2, 0.25) is 5.02 Å². The van der Waals surface area contributed by atoms with Crippen molar-refractivity contribution in [3.05, 3.63) is 80.5 Å². The molecule has 184 valence electrons. The number of carbonyl (C=O) groups excluding carboxylic acids is 2. The van der Waals surface area contributed by atoms with Crippen molar-refractivity contribution >= 4 is 67.1 Å². The van der Waals surface area contributed by atoms with Gasteiger partial charge in [0.15, 0.2) is 5.13 Å². The van der Waals surface area contributed by atoms with Crippen LogP contribution in [-0.2, 0) is 9.59 Å². The summed E-state index contributed by atoms with van der Waals surface area (Å²) in [4.78, 5) is 33.6. The van der Waals surface area contributed by atoms with E-state index in [4.69, 9.17) is 16.3 Å². The monoisotopic (exact) mass is 538 g/mol. The summed E-state index contributed by atoms with van der Waals surface area (Å²) in [5.74, 6) is -1.03. The molecular formula is C27H23ClN2O4S2. The minimum Gasteiger partial charge on any atom is -0.507 e. The van der Waals surface area contributed by atoms with E-state index >= 15 is 0 Å². The van der Waals surface area contributed by atoms with Gasteiger partial charge in [-0.25, -0.2) is 4.98 Å². The quantitative estimate of drug-likeness (QED) is 0.160. The maximum absolute atomic E-state index is 13.4. The summed E-state index contributed by atoms with van der Waals surface area (Å²) < 4.78 is 6.48. The molecule has 0 aliphatic carbocycles. The Morgan fingerprint density at radius 3 is 2.69 bits per heavy atom. The van der Waals surface area contributed by atoms with Crippen molar-refractivity contribution in [1.82, 2.24) is 4.98 Å². The van der Waals surface area contributed by atoms with Gasteiger partial charge in [-0.05, 0) is 60.2 Å². The molecule has 4 aromatic rings. The highest BCUT2D eigenvalue weighted by molar-refractivity contribution is 7.22. The molecule has 1 N–H and O–H groups in total. The Labute approximate surface area is 221 Å². The van der Waals surface area contributed by atoms with Gasteiger partial charge in [0.25, 0.3) is 5.78 Å². The molecule has 0 spiro atoms. The number of ether oxygens (including phenoxy) is 1. The maximum Gasteiger partial charge on any atom is 0.301 e. The van der Waals surface area contributed by atoms with Crippen molar-refractivity contribution in [3.63, 3.8) is 0 Å². The second-order valence-electron chi connectivity index (χ2n) is 8.64. The number of fused-ring (bicyclic) bond motifs is 1. The highest BCUT2D eigenvalue weighted by Crippen LogP contribution is 2.46. The summed E-state index contributed by atoms with van der Waals surface area (Å²) in [6.45, 7) is 6.50. The lowest BCUT2D eigenvalue weighted by molar-refractivity contribution is -0.132. The molecule has 0 saturated carbocycles. The Morgan fingerprint density at radius 2 is 2.00 bits per heavy atom. The number of Topliss-reactive ketones (excluding diaryl/α,β-unsaturated/α-hetero) is 1. The molecule has 0 bridgehead atoms. The summed E-state index contributed by atoms with van der Waals surface area (Å²) in [6.07, 6.45) is 0. The fourth-order valence-electron chi connectivity index (χ4n) is 4.22. The third-order valence-corrected chi connectivity index (χ3v) is 8.31. The molecule has 0 radical (unpaired) electrons. The third kappa shape index (κ3) is 4.19. The van der Waals surface area contributed by atoms with E-state index in [0.29, 0.717) is 23.4 Å². The number of anilines is 1. The molecule has 3 heterocycles. The summed E-state index contributed by atoms with van der Waals surface area (Å²) in [6, 6.07) is 13.7. The second kappa shape index (κ2) is 9.69. The highest BCUT2D eigenvalue weighted by atomic mass is 35.5. The van der Waals surface area contributed by atoms with Gasteiger partial charge in [-0.15, -0.1) is 11.3 Å². The van der Waals surface area contributed by atoms with Gasteiger partial charge in [0.05, 0.1) is 27.4 Å². The second-order valence-corrected chi connectivity index (χ2v) is 11.0. The number of rotatable bonds is 6. The van der Waals surface area contributed by atoms with E-state index < -0.39 is 17.7 Å². The molecule has 1 atom stereocenters. The first-order valence-electron chi connectivity index (χ1n) is 11.5. The Hall–Kier alpha value is -3.20. The Balaban J connectivity index is 1.68. The number of ketones is 1. The summed E-state index contributed by atoms with van der Waals surface area (Å²) in [7, 11) is 0. The molecule has 1 saturated heterocycles. The third-order valence-electron chi connectivity index (χ3n) is 6.04. The zero-order chi connectivity index (χ0) is 25.6. The number of aliphatic hydroxyl groups excluding tert-OH is 1. The van der Waals surface area contributed by atoms with E-state index in [1.807, 2.05) is 36.6 Å². The predicted octanol–water partition coefficient (Wildman–Crippen LogP) is 7.16. The molecule has 1 fully saturated rings. The van der Waals surface area contributed by atoms with Crippen LogP contribution in [-0.4, -0.2) is 28.4 Å². The first-order valence-corrected chi connectivity index (χ1v) is 13.5. The van der Waals surface area contributed by atoms with Gasteiger partial charge in [-0.3, -0.25) is 14.5 Å². The summed E-state index contributed by atoms with van der Waals surface area (Å²) >= 11 is 9.15.